The van der Waals surface area contributed by atoms with Crippen LogP contribution in [0.1, 0.15) is 21.6 Å². The SMILES string of the molecule is NCCSNCc1cnn(CC(=O)N[C@H]2Cc3cccc(C(=O)O)c3OB2O)n1. The fraction of sp³-hybridized carbons (Fsp3) is 0.375. The third-order valence-electron chi connectivity index (χ3n) is 4.14. The first-order valence-corrected chi connectivity index (χ1v) is 9.89. The van der Waals surface area contributed by atoms with Gasteiger partial charge in [-0.05, 0) is 18.1 Å². The lowest BCUT2D eigenvalue weighted by Gasteiger charge is -2.28. The first-order valence-electron chi connectivity index (χ1n) is 8.91. The van der Waals surface area contributed by atoms with Crippen LogP contribution in [0.15, 0.2) is 24.4 Å². The van der Waals surface area contributed by atoms with Gasteiger partial charge in [0, 0.05) is 12.3 Å². The second kappa shape index (κ2) is 9.74. The average molecular weight is 420 g/mol. The maximum absolute atomic E-state index is 12.3. The highest BCUT2D eigenvalue weighted by atomic mass is 32.2. The molecule has 2 heterocycles. The molecule has 1 aliphatic rings. The Bertz CT molecular complexity index is 881. The van der Waals surface area contributed by atoms with Gasteiger partial charge in [0.2, 0.25) is 5.91 Å². The summed E-state index contributed by atoms with van der Waals surface area (Å²) in [6, 6.07) is 4.69. The predicted molar refractivity (Wildman–Crippen MR) is 106 cm³/mol. The van der Waals surface area contributed by atoms with Crippen LogP contribution in [0.2, 0.25) is 0 Å². The summed E-state index contributed by atoms with van der Waals surface area (Å²) in [6.07, 6.45) is 1.80. The van der Waals surface area contributed by atoms with Crippen LogP contribution in [0.3, 0.4) is 0 Å². The minimum atomic E-state index is -1.36. The van der Waals surface area contributed by atoms with E-state index >= 15 is 0 Å². The highest BCUT2D eigenvalue weighted by Crippen LogP contribution is 2.30. The fourth-order valence-electron chi connectivity index (χ4n) is 2.84. The number of benzene rings is 1. The predicted octanol–water partition coefficient (Wildman–Crippen LogP) is -1.19. The standard InChI is InChI=1S/C16H21BN6O5S/c18-4-5-29-20-8-11-7-19-23(22-11)9-14(24)21-13-6-10-2-1-3-12(16(25)26)15(10)28-17(13)27/h1-3,7,13,20,27H,4-6,8-9,18H2,(H,21,24)(H,25,26)/t13-/m0/s1. The normalized spacial score (nSPS) is 15.5. The van der Waals surface area contributed by atoms with E-state index in [1.54, 1.807) is 18.3 Å². The molecule has 154 valence electrons. The summed E-state index contributed by atoms with van der Waals surface area (Å²) < 4.78 is 8.45. The monoisotopic (exact) mass is 420 g/mol. The topological polar surface area (TPSA) is 165 Å². The summed E-state index contributed by atoms with van der Waals surface area (Å²) in [5.74, 6) is -1.37. The van der Waals surface area contributed by atoms with Gasteiger partial charge in [0.15, 0.2) is 0 Å². The number of fused-ring (bicyclic) bond motifs is 1. The molecule has 0 aliphatic carbocycles. The third kappa shape index (κ3) is 5.47. The Morgan fingerprint density at radius 1 is 1.45 bits per heavy atom. The smallest absolute Gasteiger partial charge is 0.534 e. The number of nitrogens with two attached hydrogens (primary N) is 1. The fourth-order valence-corrected chi connectivity index (χ4v) is 3.36. The lowest BCUT2D eigenvalue weighted by atomic mass is 9.72. The van der Waals surface area contributed by atoms with Crippen molar-refractivity contribution in [1.82, 2.24) is 25.0 Å². The van der Waals surface area contributed by atoms with Crippen LogP contribution in [-0.4, -0.2) is 62.4 Å². The van der Waals surface area contributed by atoms with Crippen molar-refractivity contribution in [2.75, 3.05) is 12.3 Å². The van der Waals surface area contributed by atoms with Crippen LogP contribution >= 0.6 is 11.9 Å². The van der Waals surface area contributed by atoms with Gasteiger partial charge in [-0.2, -0.15) is 15.0 Å². The van der Waals surface area contributed by atoms with Gasteiger partial charge in [0.25, 0.3) is 0 Å². The van der Waals surface area contributed by atoms with Crippen molar-refractivity contribution in [3.05, 3.63) is 41.2 Å². The molecule has 0 saturated carbocycles. The van der Waals surface area contributed by atoms with Gasteiger partial charge >= 0.3 is 13.1 Å². The van der Waals surface area contributed by atoms with Crippen molar-refractivity contribution >= 4 is 30.9 Å². The molecular weight excluding hydrogens is 399 g/mol. The molecular formula is C16H21BN6O5S. The number of nitrogens with zero attached hydrogens (tertiary/aromatic N) is 3. The van der Waals surface area contributed by atoms with Crippen molar-refractivity contribution in [2.45, 2.75) is 25.5 Å². The number of carbonyl (C=O) groups is 2. The molecule has 6 N–H and O–H groups in total. The molecule has 0 fully saturated rings. The van der Waals surface area contributed by atoms with E-state index in [1.165, 1.54) is 22.8 Å². The van der Waals surface area contributed by atoms with Gasteiger partial charge in [-0.1, -0.05) is 24.1 Å². The molecule has 11 nitrogen and oxygen atoms in total. The van der Waals surface area contributed by atoms with E-state index in [9.17, 15) is 19.7 Å². The molecule has 29 heavy (non-hydrogen) atoms. The molecule has 1 aliphatic heterocycles. The number of carbonyl (C=O) groups excluding carboxylic acids is 1. The number of rotatable bonds is 9. The Kier molecular flexibility index (Phi) is 7.09. The summed E-state index contributed by atoms with van der Waals surface area (Å²) >= 11 is 1.48. The Morgan fingerprint density at radius 3 is 3.03 bits per heavy atom. The van der Waals surface area contributed by atoms with Crippen LogP contribution in [0.25, 0.3) is 0 Å². The van der Waals surface area contributed by atoms with E-state index in [4.69, 9.17) is 10.4 Å². The number of para-hydroxylation sites is 1. The van der Waals surface area contributed by atoms with Crippen LogP contribution in [0.5, 0.6) is 5.75 Å². The maximum Gasteiger partial charge on any atom is 0.547 e. The maximum atomic E-state index is 12.3. The third-order valence-corrected chi connectivity index (χ3v) is 4.93. The Balaban J connectivity index is 1.55. The van der Waals surface area contributed by atoms with Gasteiger partial charge < -0.3 is 25.8 Å². The Morgan fingerprint density at radius 2 is 2.28 bits per heavy atom. The number of aromatic carboxylic acids is 1. The zero-order valence-corrected chi connectivity index (χ0v) is 16.3. The molecule has 0 saturated heterocycles. The van der Waals surface area contributed by atoms with E-state index in [0.29, 0.717) is 24.3 Å². The average Bonchev–Trinajstić information content (AvgIpc) is 3.12. The van der Waals surface area contributed by atoms with Crippen molar-refractivity contribution in [3.63, 3.8) is 0 Å². The number of carboxylic acids is 1. The lowest BCUT2D eigenvalue weighted by molar-refractivity contribution is -0.122. The van der Waals surface area contributed by atoms with Gasteiger partial charge in [-0.15, -0.1) is 0 Å². The van der Waals surface area contributed by atoms with Crippen LogP contribution < -0.4 is 20.4 Å². The summed E-state index contributed by atoms with van der Waals surface area (Å²) in [6.45, 7) is 0.939. The second-order valence-electron chi connectivity index (χ2n) is 6.31. The van der Waals surface area contributed by atoms with E-state index in [0.717, 1.165) is 5.75 Å². The molecule has 1 amide bonds. The van der Waals surface area contributed by atoms with Gasteiger partial charge in [-0.3, -0.25) is 9.52 Å². The van der Waals surface area contributed by atoms with Crippen molar-refractivity contribution in [2.24, 2.45) is 5.73 Å². The van der Waals surface area contributed by atoms with Crippen molar-refractivity contribution in [1.29, 1.82) is 0 Å². The molecule has 0 radical (unpaired) electrons. The first kappa shape index (κ1) is 21.1. The van der Waals surface area contributed by atoms with E-state index < -0.39 is 24.9 Å². The molecule has 1 atom stereocenters. The molecule has 3 rings (SSSR count). The molecule has 0 bridgehead atoms. The molecule has 1 aromatic carbocycles. The van der Waals surface area contributed by atoms with Crippen LogP contribution in [-0.2, 0) is 24.3 Å². The lowest BCUT2D eigenvalue weighted by Crippen LogP contribution is -2.53. The first-order chi connectivity index (χ1) is 14.0. The number of amides is 1. The Hall–Kier alpha value is -2.61. The van der Waals surface area contributed by atoms with Gasteiger partial charge in [0.1, 0.15) is 12.3 Å². The Labute approximate surface area is 171 Å². The molecule has 1 aromatic heterocycles. The second-order valence-corrected chi connectivity index (χ2v) is 7.30. The number of hydrogen-bond acceptors (Lipinski definition) is 9. The van der Waals surface area contributed by atoms with Crippen LogP contribution in [0.4, 0.5) is 0 Å². The highest BCUT2D eigenvalue weighted by Gasteiger charge is 2.37. The minimum Gasteiger partial charge on any atom is -0.534 e. The number of aromatic nitrogens is 3. The zero-order valence-electron chi connectivity index (χ0n) is 15.4. The summed E-state index contributed by atoms with van der Waals surface area (Å²) in [7, 11) is -1.36. The highest BCUT2D eigenvalue weighted by molar-refractivity contribution is 7.97. The molecule has 0 unspecified atom stereocenters. The van der Waals surface area contributed by atoms with Crippen molar-refractivity contribution < 1.29 is 24.4 Å². The number of nitrogens with one attached hydrogen (secondary N) is 2. The van der Waals surface area contributed by atoms with E-state index in [-0.39, 0.29) is 24.3 Å². The summed E-state index contributed by atoms with van der Waals surface area (Å²) in [5.41, 5.74) is 6.66. The van der Waals surface area contributed by atoms with Gasteiger partial charge in [-0.25, -0.2) is 4.79 Å². The van der Waals surface area contributed by atoms with E-state index in [1.807, 2.05) is 0 Å². The quantitative estimate of drug-likeness (QED) is 0.189. The minimum absolute atomic E-state index is 0.0298. The number of hydrogen-bond donors (Lipinski definition) is 5. The van der Waals surface area contributed by atoms with E-state index in [2.05, 4.69) is 20.2 Å². The van der Waals surface area contributed by atoms with Gasteiger partial charge in [0.05, 0.1) is 29.9 Å². The number of carboxylic acid groups (broad SMARTS) is 1. The largest absolute Gasteiger partial charge is 0.547 e. The zero-order chi connectivity index (χ0) is 20.8. The molecule has 0 spiro atoms. The molecule has 2 aromatic rings. The molecule has 13 heteroatoms. The van der Waals surface area contributed by atoms with Crippen molar-refractivity contribution in [3.8, 4) is 5.75 Å². The summed E-state index contributed by atoms with van der Waals surface area (Å²) in [4.78, 5) is 24.9. The summed E-state index contributed by atoms with van der Waals surface area (Å²) in [5, 5.41) is 30.4. The van der Waals surface area contributed by atoms with Crippen LogP contribution in [0, 0.1) is 0 Å².